The average molecular weight is 206 g/mol. The molecule has 4 heteroatoms. The molecule has 80 valence electrons. The van der Waals surface area contributed by atoms with Crippen molar-refractivity contribution in [2.75, 3.05) is 6.61 Å². The summed E-state index contributed by atoms with van der Waals surface area (Å²) in [5.41, 5.74) is -0.414. The highest BCUT2D eigenvalue weighted by Crippen LogP contribution is 2.15. The number of aliphatic hydroxyl groups excluding tert-OH is 2. The van der Waals surface area contributed by atoms with Gasteiger partial charge < -0.3 is 14.9 Å². The molecule has 0 aromatic heterocycles. The largest absolute Gasteiger partial charge is 0.394 e. The first-order valence-corrected chi connectivity index (χ1v) is 7.72. The lowest BCUT2D eigenvalue weighted by Gasteiger charge is -2.32. The van der Waals surface area contributed by atoms with E-state index in [-0.39, 0.29) is 17.9 Å². The molecule has 0 heterocycles. The third kappa shape index (κ3) is 5.41. The van der Waals surface area contributed by atoms with Crippen LogP contribution in [0.15, 0.2) is 0 Å². The highest BCUT2D eigenvalue weighted by molar-refractivity contribution is 6.57. The van der Waals surface area contributed by atoms with Crippen molar-refractivity contribution >= 4 is 8.80 Å². The van der Waals surface area contributed by atoms with Crippen LogP contribution in [0.1, 0.15) is 20.8 Å². The van der Waals surface area contributed by atoms with Crippen molar-refractivity contribution in [3.63, 3.8) is 0 Å². The quantitative estimate of drug-likeness (QED) is 0.660. The summed E-state index contributed by atoms with van der Waals surface area (Å²) in [6.07, 6.45) is -0.731. The first-order chi connectivity index (χ1) is 5.78. The van der Waals surface area contributed by atoms with Crippen molar-refractivity contribution in [2.24, 2.45) is 0 Å². The Kier molecular flexibility index (Phi) is 5.13. The fourth-order valence-corrected chi connectivity index (χ4v) is 2.86. The van der Waals surface area contributed by atoms with E-state index in [4.69, 9.17) is 9.84 Å². The molecule has 0 aliphatic heterocycles. The zero-order chi connectivity index (χ0) is 10.6. The second-order valence-corrected chi connectivity index (χ2v) is 7.83. The zero-order valence-corrected chi connectivity index (χ0v) is 10.4. The van der Waals surface area contributed by atoms with Gasteiger partial charge in [0.2, 0.25) is 0 Å². The molecule has 0 fully saturated rings. The molecule has 0 radical (unpaired) electrons. The van der Waals surface area contributed by atoms with Gasteiger partial charge in [0.05, 0.1) is 32.8 Å². The van der Waals surface area contributed by atoms with E-state index in [2.05, 4.69) is 13.1 Å². The lowest BCUT2D eigenvalue weighted by molar-refractivity contribution is -0.0867. The Morgan fingerprint density at radius 3 is 2.00 bits per heavy atom. The number of hydrogen-bond acceptors (Lipinski definition) is 3. The van der Waals surface area contributed by atoms with Gasteiger partial charge in [-0.15, -0.1) is 0 Å². The molecule has 0 aliphatic carbocycles. The van der Waals surface area contributed by atoms with Crippen molar-refractivity contribution in [3.8, 4) is 0 Å². The maximum absolute atomic E-state index is 9.51. The van der Waals surface area contributed by atoms with Crippen LogP contribution in [-0.2, 0) is 4.74 Å². The summed E-state index contributed by atoms with van der Waals surface area (Å²) >= 11 is 0. The minimum Gasteiger partial charge on any atom is -0.394 e. The fourth-order valence-electron chi connectivity index (χ4n) is 1.17. The number of rotatable bonds is 4. The van der Waals surface area contributed by atoms with Gasteiger partial charge in [0, 0.05) is 0 Å². The molecule has 0 saturated heterocycles. The van der Waals surface area contributed by atoms with Crippen LogP contribution >= 0.6 is 0 Å². The summed E-state index contributed by atoms with van der Waals surface area (Å²) in [6, 6.07) is 0. The summed E-state index contributed by atoms with van der Waals surface area (Å²) in [5.74, 6) is 0. The SMILES string of the molecule is C[SiH](C)C(OC(C)(C)C)C(O)CO. The van der Waals surface area contributed by atoms with E-state index in [0.29, 0.717) is 0 Å². The van der Waals surface area contributed by atoms with Crippen LogP contribution in [0.2, 0.25) is 13.1 Å². The molecule has 0 aromatic carbocycles. The molecule has 0 amide bonds. The van der Waals surface area contributed by atoms with Gasteiger partial charge in [-0.2, -0.15) is 0 Å². The summed E-state index contributed by atoms with van der Waals surface area (Å²) in [4.78, 5) is 0. The lowest BCUT2D eigenvalue weighted by Crippen LogP contribution is -2.45. The highest BCUT2D eigenvalue weighted by Gasteiger charge is 2.28. The second kappa shape index (κ2) is 5.10. The molecule has 0 saturated carbocycles. The minimum atomic E-state index is -1.09. The monoisotopic (exact) mass is 206 g/mol. The first-order valence-electron chi connectivity index (χ1n) is 4.74. The molecule has 0 spiro atoms. The Morgan fingerprint density at radius 2 is 1.77 bits per heavy atom. The van der Waals surface area contributed by atoms with Crippen molar-refractivity contribution in [1.29, 1.82) is 0 Å². The molecule has 3 nitrogen and oxygen atoms in total. The summed E-state index contributed by atoms with van der Waals surface area (Å²) in [7, 11) is -1.09. The predicted molar refractivity (Wildman–Crippen MR) is 56.6 cm³/mol. The Morgan fingerprint density at radius 1 is 1.31 bits per heavy atom. The van der Waals surface area contributed by atoms with E-state index in [1.165, 1.54) is 0 Å². The Hall–Kier alpha value is 0.0969. The van der Waals surface area contributed by atoms with Gasteiger partial charge in [-0.05, 0) is 20.8 Å². The third-order valence-corrected chi connectivity index (χ3v) is 3.61. The van der Waals surface area contributed by atoms with Crippen LogP contribution in [0.25, 0.3) is 0 Å². The summed E-state index contributed by atoms with van der Waals surface area (Å²) < 4.78 is 5.70. The van der Waals surface area contributed by atoms with Gasteiger partial charge in [0.25, 0.3) is 0 Å². The van der Waals surface area contributed by atoms with Crippen molar-refractivity contribution in [2.45, 2.75) is 51.3 Å². The maximum atomic E-state index is 9.51. The van der Waals surface area contributed by atoms with E-state index in [1.807, 2.05) is 20.8 Å². The van der Waals surface area contributed by atoms with Gasteiger partial charge in [-0.25, -0.2) is 0 Å². The van der Waals surface area contributed by atoms with E-state index in [1.54, 1.807) is 0 Å². The summed E-state index contributed by atoms with van der Waals surface area (Å²) in [6.45, 7) is 9.87. The molecule has 2 unspecified atom stereocenters. The molecule has 0 bridgehead atoms. The molecule has 2 N–H and O–H groups in total. The molecular formula is C9H22O3Si. The van der Waals surface area contributed by atoms with Crippen molar-refractivity contribution < 1.29 is 14.9 Å². The number of ether oxygens (including phenoxy) is 1. The van der Waals surface area contributed by atoms with Crippen LogP contribution in [0.4, 0.5) is 0 Å². The fraction of sp³-hybridized carbons (Fsp3) is 1.00. The normalized spacial score (nSPS) is 17.5. The Balaban J connectivity index is 4.27. The zero-order valence-electron chi connectivity index (χ0n) is 9.24. The Bertz CT molecular complexity index is 142. The van der Waals surface area contributed by atoms with Gasteiger partial charge in [-0.3, -0.25) is 0 Å². The van der Waals surface area contributed by atoms with Crippen LogP contribution in [0.3, 0.4) is 0 Å². The van der Waals surface area contributed by atoms with E-state index in [0.717, 1.165) is 0 Å². The maximum Gasteiger partial charge on any atom is 0.0999 e. The molecule has 0 rings (SSSR count). The van der Waals surface area contributed by atoms with Crippen LogP contribution in [0.5, 0.6) is 0 Å². The van der Waals surface area contributed by atoms with E-state index >= 15 is 0 Å². The van der Waals surface area contributed by atoms with E-state index < -0.39 is 14.9 Å². The highest BCUT2D eigenvalue weighted by atomic mass is 28.3. The first kappa shape index (κ1) is 13.1. The topological polar surface area (TPSA) is 49.7 Å². The average Bonchev–Trinajstić information content (AvgIpc) is 1.96. The molecule has 0 aromatic rings. The minimum absolute atomic E-state index is 0.162. The molecule has 0 aliphatic rings. The van der Waals surface area contributed by atoms with Crippen LogP contribution in [-0.4, -0.2) is 43.0 Å². The van der Waals surface area contributed by atoms with Gasteiger partial charge in [0.1, 0.15) is 0 Å². The smallest absolute Gasteiger partial charge is 0.0999 e. The van der Waals surface area contributed by atoms with Gasteiger partial charge in [-0.1, -0.05) is 13.1 Å². The van der Waals surface area contributed by atoms with Crippen molar-refractivity contribution in [3.05, 3.63) is 0 Å². The molecule has 2 atom stereocenters. The second-order valence-electron chi connectivity index (χ2n) is 4.69. The third-order valence-electron chi connectivity index (χ3n) is 1.71. The number of aliphatic hydroxyl groups is 2. The predicted octanol–water partition coefficient (Wildman–Crippen LogP) is 0.549. The lowest BCUT2D eigenvalue weighted by atomic mass is 10.2. The molecule has 13 heavy (non-hydrogen) atoms. The van der Waals surface area contributed by atoms with Gasteiger partial charge >= 0.3 is 0 Å². The van der Waals surface area contributed by atoms with Crippen molar-refractivity contribution in [1.82, 2.24) is 0 Å². The molecular weight excluding hydrogens is 184 g/mol. The Labute approximate surface area is 82.3 Å². The summed E-state index contributed by atoms with van der Waals surface area (Å²) in [5, 5.41) is 18.4. The van der Waals surface area contributed by atoms with Gasteiger partial charge in [0.15, 0.2) is 0 Å². The van der Waals surface area contributed by atoms with Crippen LogP contribution < -0.4 is 0 Å². The van der Waals surface area contributed by atoms with Crippen LogP contribution in [0, 0.1) is 0 Å². The van der Waals surface area contributed by atoms with E-state index in [9.17, 15) is 5.11 Å². The standard InChI is InChI=1S/C9H22O3Si/c1-9(2,3)12-8(13(4)5)7(11)6-10/h7-8,10-11,13H,6H2,1-5H3. The number of hydrogen-bond donors (Lipinski definition) is 2.